The summed E-state index contributed by atoms with van der Waals surface area (Å²) in [5, 5.41) is 3.63. The Kier molecular flexibility index (Phi) is 5.22. The van der Waals surface area contributed by atoms with Crippen molar-refractivity contribution in [1.29, 1.82) is 0 Å². The topological polar surface area (TPSA) is 80.4 Å². The number of benzene rings is 2. The van der Waals surface area contributed by atoms with E-state index in [0.717, 1.165) is 11.1 Å². The number of hydrogen-bond acceptors (Lipinski definition) is 4. The molecule has 2 N–H and O–H groups in total. The molecule has 0 aliphatic rings. The van der Waals surface area contributed by atoms with E-state index in [1.807, 2.05) is 30.3 Å². The van der Waals surface area contributed by atoms with Crippen LogP contribution in [0, 0.1) is 0 Å². The summed E-state index contributed by atoms with van der Waals surface area (Å²) in [4.78, 5) is 27.2. The zero-order valence-electron chi connectivity index (χ0n) is 14.7. The summed E-state index contributed by atoms with van der Waals surface area (Å²) in [6.45, 7) is 0. The maximum Gasteiger partial charge on any atom is 0.251 e. The normalized spacial score (nSPS) is 10.5. The molecule has 0 aliphatic heterocycles. The molecule has 26 heavy (non-hydrogen) atoms. The molecule has 1 aromatic heterocycles. The van der Waals surface area contributed by atoms with Gasteiger partial charge in [0.25, 0.3) is 5.56 Å². The highest BCUT2D eigenvalue weighted by Crippen LogP contribution is 2.31. The monoisotopic (exact) mass is 352 g/mol. The zero-order valence-corrected chi connectivity index (χ0v) is 14.7. The Hall–Kier alpha value is -3.28. The van der Waals surface area contributed by atoms with Crippen LogP contribution < -0.4 is 20.3 Å². The van der Waals surface area contributed by atoms with Crippen molar-refractivity contribution in [3.8, 4) is 11.5 Å². The van der Waals surface area contributed by atoms with E-state index in [1.54, 1.807) is 32.4 Å². The average Bonchev–Trinajstić information content (AvgIpc) is 2.66. The van der Waals surface area contributed by atoms with Crippen molar-refractivity contribution in [3.63, 3.8) is 0 Å². The van der Waals surface area contributed by atoms with Crippen molar-refractivity contribution in [2.45, 2.75) is 12.8 Å². The summed E-state index contributed by atoms with van der Waals surface area (Å²) in [5.41, 5.74) is 1.73. The highest BCUT2D eigenvalue weighted by atomic mass is 16.5. The number of carbonyl (C=O) groups excluding carboxylic acids is 1. The number of para-hydroxylation sites is 1. The third-order valence-corrected chi connectivity index (χ3v) is 4.10. The van der Waals surface area contributed by atoms with Crippen LogP contribution in [0.25, 0.3) is 10.9 Å². The van der Waals surface area contributed by atoms with Crippen LogP contribution in [0.5, 0.6) is 11.5 Å². The summed E-state index contributed by atoms with van der Waals surface area (Å²) >= 11 is 0. The van der Waals surface area contributed by atoms with Crippen LogP contribution in [0.2, 0.25) is 0 Å². The number of ether oxygens (including phenoxy) is 2. The average molecular weight is 352 g/mol. The SMILES string of the molecule is COc1cc2cc(CCC(=O)Nc3ccccc3)c(=O)[nH]c2cc1OC. The summed E-state index contributed by atoms with van der Waals surface area (Å²) in [7, 11) is 3.10. The lowest BCUT2D eigenvalue weighted by Crippen LogP contribution is -2.17. The molecule has 0 saturated heterocycles. The molecule has 0 spiro atoms. The molecule has 0 aliphatic carbocycles. The number of aromatic amines is 1. The number of pyridine rings is 1. The Morgan fingerprint density at radius 2 is 1.73 bits per heavy atom. The van der Waals surface area contributed by atoms with Gasteiger partial charge in [0.1, 0.15) is 0 Å². The number of H-pyrrole nitrogens is 1. The Balaban J connectivity index is 1.78. The van der Waals surface area contributed by atoms with E-state index in [1.165, 1.54) is 0 Å². The lowest BCUT2D eigenvalue weighted by atomic mass is 10.1. The minimum Gasteiger partial charge on any atom is -0.493 e. The van der Waals surface area contributed by atoms with Crippen molar-refractivity contribution in [2.24, 2.45) is 0 Å². The van der Waals surface area contributed by atoms with Gasteiger partial charge in [-0.3, -0.25) is 9.59 Å². The molecule has 0 atom stereocenters. The standard InChI is InChI=1S/C20H20N2O4/c1-25-17-11-14-10-13(20(24)22-16(14)12-18(17)26-2)8-9-19(23)21-15-6-4-3-5-7-15/h3-7,10-12H,8-9H2,1-2H3,(H,21,23)(H,22,24). The quantitative estimate of drug-likeness (QED) is 0.714. The largest absolute Gasteiger partial charge is 0.493 e. The van der Waals surface area contributed by atoms with Crippen LogP contribution in [-0.4, -0.2) is 25.1 Å². The maximum absolute atomic E-state index is 12.3. The van der Waals surface area contributed by atoms with Crippen molar-refractivity contribution < 1.29 is 14.3 Å². The number of carbonyl (C=O) groups is 1. The number of anilines is 1. The van der Waals surface area contributed by atoms with E-state index in [2.05, 4.69) is 10.3 Å². The number of amides is 1. The highest BCUT2D eigenvalue weighted by Gasteiger charge is 2.10. The fourth-order valence-corrected chi connectivity index (χ4v) is 2.76. The Morgan fingerprint density at radius 3 is 2.42 bits per heavy atom. The molecule has 3 rings (SSSR count). The van der Waals surface area contributed by atoms with Crippen molar-refractivity contribution in [2.75, 3.05) is 19.5 Å². The zero-order chi connectivity index (χ0) is 18.5. The molecule has 1 amide bonds. The van der Waals surface area contributed by atoms with Gasteiger partial charge < -0.3 is 19.8 Å². The predicted octanol–water partition coefficient (Wildman–Crippen LogP) is 3.12. The third kappa shape index (κ3) is 3.85. The fraction of sp³-hybridized carbons (Fsp3) is 0.200. The first-order valence-electron chi connectivity index (χ1n) is 8.23. The number of hydrogen-bond donors (Lipinski definition) is 2. The summed E-state index contributed by atoms with van der Waals surface area (Å²) in [6, 6.07) is 14.5. The Labute approximate surface area is 150 Å². The fourth-order valence-electron chi connectivity index (χ4n) is 2.76. The molecule has 2 aromatic carbocycles. The first-order valence-corrected chi connectivity index (χ1v) is 8.23. The molecule has 0 radical (unpaired) electrons. The molecule has 134 valence electrons. The Morgan fingerprint density at radius 1 is 1.04 bits per heavy atom. The Bertz CT molecular complexity index is 980. The molecule has 1 heterocycles. The van der Waals surface area contributed by atoms with Crippen molar-refractivity contribution >= 4 is 22.5 Å². The van der Waals surface area contributed by atoms with Gasteiger partial charge in [-0.25, -0.2) is 0 Å². The summed E-state index contributed by atoms with van der Waals surface area (Å²) in [6.07, 6.45) is 0.565. The number of methoxy groups -OCH3 is 2. The van der Waals surface area contributed by atoms with Gasteiger partial charge in [0.05, 0.1) is 19.7 Å². The molecule has 0 bridgehead atoms. The smallest absolute Gasteiger partial charge is 0.251 e. The molecular formula is C20H20N2O4. The number of rotatable bonds is 6. The van der Waals surface area contributed by atoms with Crippen LogP contribution in [0.3, 0.4) is 0 Å². The van der Waals surface area contributed by atoms with Crippen molar-refractivity contribution in [1.82, 2.24) is 4.98 Å². The molecule has 0 unspecified atom stereocenters. The number of nitrogens with one attached hydrogen (secondary N) is 2. The van der Waals surface area contributed by atoms with Gasteiger partial charge in [-0.05, 0) is 30.7 Å². The first-order chi connectivity index (χ1) is 12.6. The van der Waals surface area contributed by atoms with Crippen LogP contribution in [0.4, 0.5) is 5.69 Å². The van der Waals surface area contributed by atoms with Crippen LogP contribution in [0.1, 0.15) is 12.0 Å². The number of aryl methyl sites for hydroxylation is 1. The van der Waals surface area contributed by atoms with Gasteiger partial charge in [0.15, 0.2) is 11.5 Å². The van der Waals surface area contributed by atoms with Gasteiger partial charge in [0.2, 0.25) is 5.91 Å². The second-order valence-corrected chi connectivity index (χ2v) is 5.83. The third-order valence-electron chi connectivity index (χ3n) is 4.10. The first kappa shape index (κ1) is 17.5. The van der Waals surface area contributed by atoms with Crippen molar-refractivity contribution in [3.05, 3.63) is 64.4 Å². The molecule has 6 heteroatoms. The van der Waals surface area contributed by atoms with E-state index in [0.29, 0.717) is 29.0 Å². The van der Waals surface area contributed by atoms with Gasteiger partial charge in [-0.15, -0.1) is 0 Å². The number of fused-ring (bicyclic) bond motifs is 1. The van der Waals surface area contributed by atoms with E-state index in [-0.39, 0.29) is 17.9 Å². The predicted molar refractivity (Wildman–Crippen MR) is 101 cm³/mol. The van der Waals surface area contributed by atoms with Crippen LogP contribution in [-0.2, 0) is 11.2 Å². The van der Waals surface area contributed by atoms with Gasteiger partial charge >= 0.3 is 0 Å². The van der Waals surface area contributed by atoms with E-state index < -0.39 is 0 Å². The van der Waals surface area contributed by atoms with Gasteiger partial charge in [-0.2, -0.15) is 0 Å². The number of aromatic nitrogens is 1. The summed E-state index contributed by atoms with van der Waals surface area (Å²) in [5.74, 6) is 0.994. The second kappa shape index (κ2) is 7.74. The minimum atomic E-state index is -0.211. The molecule has 0 fully saturated rings. The highest BCUT2D eigenvalue weighted by molar-refractivity contribution is 5.91. The van der Waals surface area contributed by atoms with E-state index >= 15 is 0 Å². The lowest BCUT2D eigenvalue weighted by molar-refractivity contribution is -0.116. The summed E-state index contributed by atoms with van der Waals surface area (Å²) < 4.78 is 10.5. The minimum absolute atomic E-state index is 0.136. The lowest BCUT2D eigenvalue weighted by Gasteiger charge is -2.10. The molecular weight excluding hydrogens is 332 g/mol. The maximum atomic E-state index is 12.3. The molecule has 6 nitrogen and oxygen atoms in total. The second-order valence-electron chi connectivity index (χ2n) is 5.83. The van der Waals surface area contributed by atoms with Crippen LogP contribution in [0.15, 0.2) is 53.3 Å². The van der Waals surface area contributed by atoms with Gasteiger partial charge in [0, 0.05) is 29.1 Å². The molecule has 0 saturated carbocycles. The van der Waals surface area contributed by atoms with Gasteiger partial charge in [-0.1, -0.05) is 18.2 Å². The van der Waals surface area contributed by atoms with E-state index in [9.17, 15) is 9.59 Å². The van der Waals surface area contributed by atoms with Crippen LogP contribution >= 0.6 is 0 Å². The molecule has 3 aromatic rings. The van der Waals surface area contributed by atoms with E-state index in [4.69, 9.17) is 9.47 Å².